The average Bonchev–Trinajstić information content (AvgIpc) is 2.09. The van der Waals surface area contributed by atoms with Crippen LogP contribution in [0, 0.1) is 5.92 Å². The molecule has 4 nitrogen and oxygen atoms in total. The Balaban J connectivity index is 2.47. The van der Waals surface area contributed by atoms with Gasteiger partial charge in [-0.25, -0.2) is 0 Å². The first-order valence-electron chi connectivity index (χ1n) is 3.65. The molecule has 0 aromatic carbocycles. The number of rotatable bonds is 2. The summed E-state index contributed by atoms with van der Waals surface area (Å²) in [5, 5.41) is 0. The molecule has 1 aliphatic rings. The molecule has 4 heteroatoms. The first-order chi connectivity index (χ1) is 5.09. The van der Waals surface area contributed by atoms with Gasteiger partial charge in [-0.1, -0.05) is 6.92 Å². The Morgan fingerprint density at radius 1 is 1.82 bits per heavy atom. The number of primary amides is 1. The molecule has 1 heterocycles. The predicted molar refractivity (Wildman–Crippen MR) is 39.6 cm³/mol. The van der Waals surface area contributed by atoms with E-state index in [2.05, 4.69) is 0 Å². The third kappa shape index (κ3) is 1.93. The largest absolute Gasteiger partial charge is 0.368 e. The van der Waals surface area contributed by atoms with Crippen molar-refractivity contribution in [3.63, 3.8) is 0 Å². The minimum Gasteiger partial charge on any atom is -0.368 e. The Labute approximate surface area is 65.3 Å². The highest BCUT2D eigenvalue weighted by molar-refractivity contribution is 5.85. The van der Waals surface area contributed by atoms with E-state index in [0.717, 1.165) is 0 Å². The summed E-state index contributed by atoms with van der Waals surface area (Å²) in [5.41, 5.74) is 4.95. The second-order valence-corrected chi connectivity index (χ2v) is 3.05. The van der Waals surface area contributed by atoms with E-state index in [1.165, 1.54) is 4.90 Å². The number of hydrogen-bond acceptors (Lipinski definition) is 2. The van der Waals surface area contributed by atoms with Gasteiger partial charge < -0.3 is 10.6 Å². The van der Waals surface area contributed by atoms with E-state index >= 15 is 0 Å². The van der Waals surface area contributed by atoms with Crippen molar-refractivity contribution in [1.29, 1.82) is 0 Å². The fourth-order valence-corrected chi connectivity index (χ4v) is 1.31. The van der Waals surface area contributed by atoms with E-state index in [9.17, 15) is 9.59 Å². The summed E-state index contributed by atoms with van der Waals surface area (Å²) in [6.45, 7) is 2.73. The minimum absolute atomic E-state index is 0.0382. The van der Waals surface area contributed by atoms with Crippen LogP contribution in [0.3, 0.4) is 0 Å². The maximum absolute atomic E-state index is 11.0. The van der Waals surface area contributed by atoms with E-state index in [0.29, 0.717) is 18.9 Å². The summed E-state index contributed by atoms with van der Waals surface area (Å²) in [4.78, 5) is 23.0. The minimum atomic E-state index is -0.438. The number of nitrogens with two attached hydrogens (primary N) is 1. The van der Waals surface area contributed by atoms with Gasteiger partial charge in [-0.05, 0) is 5.92 Å². The lowest BCUT2D eigenvalue weighted by Gasteiger charge is -2.12. The number of hydrogen-bond donors (Lipinski definition) is 1. The van der Waals surface area contributed by atoms with E-state index in [1.54, 1.807) is 0 Å². The van der Waals surface area contributed by atoms with Gasteiger partial charge in [0.2, 0.25) is 11.8 Å². The number of amides is 2. The van der Waals surface area contributed by atoms with Crippen LogP contribution in [-0.2, 0) is 9.59 Å². The van der Waals surface area contributed by atoms with Crippen LogP contribution in [0.4, 0.5) is 0 Å². The van der Waals surface area contributed by atoms with Crippen molar-refractivity contribution in [2.24, 2.45) is 11.7 Å². The van der Waals surface area contributed by atoms with Gasteiger partial charge in [0.15, 0.2) is 0 Å². The Morgan fingerprint density at radius 2 is 2.45 bits per heavy atom. The SMILES string of the molecule is C[C@@H]1CC(=O)N(CC(N)=O)C1. The van der Waals surface area contributed by atoms with E-state index in [-0.39, 0.29) is 12.5 Å². The molecule has 1 rings (SSSR count). The number of carbonyl (C=O) groups is 2. The monoisotopic (exact) mass is 156 g/mol. The molecule has 0 unspecified atom stereocenters. The Hall–Kier alpha value is -1.06. The first kappa shape index (κ1) is 8.04. The van der Waals surface area contributed by atoms with Crippen molar-refractivity contribution in [3.05, 3.63) is 0 Å². The van der Waals surface area contributed by atoms with Crippen LogP contribution >= 0.6 is 0 Å². The van der Waals surface area contributed by atoms with E-state index in [1.807, 2.05) is 6.92 Å². The quantitative estimate of drug-likeness (QED) is 0.577. The fourth-order valence-electron chi connectivity index (χ4n) is 1.31. The summed E-state index contributed by atoms with van der Waals surface area (Å²) in [7, 11) is 0. The molecule has 0 bridgehead atoms. The van der Waals surface area contributed by atoms with Crippen LogP contribution in [0.15, 0.2) is 0 Å². The molecule has 0 spiro atoms. The summed E-state index contributed by atoms with van der Waals surface area (Å²) in [5.74, 6) is -0.0365. The van der Waals surface area contributed by atoms with Crippen LogP contribution in [0.1, 0.15) is 13.3 Å². The van der Waals surface area contributed by atoms with Gasteiger partial charge in [0.05, 0.1) is 6.54 Å². The zero-order valence-corrected chi connectivity index (χ0v) is 6.54. The summed E-state index contributed by atoms with van der Waals surface area (Å²) < 4.78 is 0. The third-order valence-corrected chi connectivity index (χ3v) is 1.75. The standard InChI is InChI=1S/C7H12N2O2/c1-5-2-7(11)9(3-5)4-6(8)10/h5H,2-4H2,1H3,(H2,8,10)/t5-/m1/s1. The van der Waals surface area contributed by atoms with Crippen LogP contribution < -0.4 is 5.73 Å². The Kier molecular flexibility index (Phi) is 2.12. The highest BCUT2D eigenvalue weighted by atomic mass is 16.2. The van der Waals surface area contributed by atoms with Gasteiger partial charge in [-0.3, -0.25) is 9.59 Å². The molecule has 0 aromatic heterocycles. The molecular weight excluding hydrogens is 144 g/mol. The molecule has 1 aliphatic heterocycles. The van der Waals surface area contributed by atoms with Gasteiger partial charge in [-0.2, -0.15) is 0 Å². The summed E-state index contributed by atoms with van der Waals surface area (Å²) >= 11 is 0. The van der Waals surface area contributed by atoms with Gasteiger partial charge in [0.25, 0.3) is 0 Å². The molecule has 0 aliphatic carbocycles. The van der Waals surface area contributed by atoms with Crippen molar-refractivity contribution >= 4 is 11.8 Å². The van der Waals surface area contributed by atoms with Gasteiger partial charge >= 0.3 is 0 Å². The maximum atomic E-state index is 11.0. The van der Waals surface area contributed by atoms with Gasteiger partial charge in [0.1, 0.15) is 0 Å². The van der Waals surface area contributed by atoms with Crippen molar-refractivity contribution in [2.45, 2.75) is 13.3 Å². The van der Waals surface area contributed by atoms with Gasteiger partial charge in [-0.15, -0.1) is 0 Å². The molecule has 0 aromatic rings. The summed E-state index contributed by atoms with van der Waals surface area (Å²) in [6, 6.07) is 0. The zero-order chi connectivity index (χ0) is 8.43. The lowest BCUT2D eigenvalue weighted by Crippen LogP contribution is -2.34. The van der Waals surface area contributed by atoms with Crippen LogP contribution in [-0.4, -0.2) is 29.8 Å². The van der Waals surface area contributed by atoms with Crippen LogP contribution in [0.5, 0.6) is 0 Å². The average molecular weight is 156 g/mol. The van der Waals surface area contributed by atoms with Crippen LogP contribution in [0.25, 0.3) is 0 Å². The number of carbonyl (C=O) groups excluding carboxylic acids is 2. The molecule has 11 heavy (non-hydrogen) atoms. The van der Waals surface area contributed by atoms with Crippen LogP contribution in [0.2, 0.25) is 0 Å². The highest BCUT2D eigenvalue weighted by Crippen LogP contribution is 2.15. The number of nitrogens with zero attached hydrogens (tertiary/aromatic N) is 1. The molecule has 1 saturated heterocycles. The molecule has 1 atom stereocenters. The highest BCUT2D eigenvalue weighted by Gasteiger charge is 2.26. The second-order valence-electron chi connectivity index (χ2n) is 3.05. The van der Waals surface area contributed by atoms with Gasteiger partial charge in [0, 0.05) is 13.0 Å². The third-order valence-electron chi connectivity index (χ3n) is 1.75. The molecular formula is C7H12N2O2. The van der Waals surface area contributed by atoms with Crippen molar-refractivity contribution < 1.29 is 9.59 Å². The maximum Gasteiger partial charge on any atom is 0.237 e. The smallest absolute Gasteiger partial charge is 0.237 e. The van der Waals surface area contributed by atoms with E-state index < -0.39 is 5.91 Å². The normalized spacial score (nSPS) is 24.3. The second kappa shape index (κ2) is 2.90. The first-order valence-corrected chi connectivity index (χ1v) is 3.65. The lowest BCUT2D eigenvalue weighted by atomic mass is 10.2. The molecule has 62 valence electrons. The van der Waals surface area contributed by atoms with Crippen molar-refractivity contribution in [3.8, 4) is 0 Å². The fraction of sp³-hybridized carbons (Fsp3) is 0.714. The Morgan fingerprint density at radius 3 is 2.82 bits per heavy atom. The predicted octanol–water partition coefficient (Wildman–Crippen LogP) is -0.660. The molecule has 2 N–H and O–H groups in total. The number of likely N-dealkylation sites (tertiary alicyclic amines) is 1. The van der Waals surface area contributed by atoms with Crippen molar-refractivity contribution in [2.75, 3.05) is 13.1 Å². The molecule has 0 radical (unpaired) electrons. The molecule has 0 saturated carbocycles. The zero-order valence-electron chi connectivity index (χ0n) is 6.54. The van der Waals surface area contributed by atoms with Crippen molar-refractivity contribution in [1.82, 2.24) is 4.90 Å². The van der Waals surface area contributed by atoms with E-state index in [4.69, 9.17) is 5.73 Å². The molecule has 2 amide bonds. The lowest BCUT2D eigenvalue weighted by molar-refractivity contribution is -0.132. The molecule has 1 fully saturated rings. The Bertz CT molecular complexity index is 191. The topological polar surface area (TPSA) is 63.4 Å². The summed E-state index contributed by atoms with van der Waals surface area (Å²) in [6.07, 6.45) is 0.549.